The lowest BCUT2D eigenvalue weighted by atomic mass is 10.2. The fraction of sp³-hybridized carbons (Fsp3) is 0.200. The molecule has 0 aliphatic carbocycles. The summed E-state index contributed by atoms with van der Waals surface area (Å²) in [6, 6.07) is 5.39. The van der Waals surface area contributed by atoms with E-state index in [0.717, 1.165) is 5.56 Å². The third-order valence-corrected chi connectivity index (χ3v) is 1.57. The first-order valence-electron chi connectivity index (χ1n) is 3.90. The highest BCUT2D eigenvalue weighted by molar-refractivity contribution is 5.56. The molecule has 1 rings (SSSR count). The van der Waals surface area contributed by atoms with Crippen LogP contribution in [-0.4, -0.2) is 13.7 Å². The molecule has 0 saturated carbocycles. The highest BCUT2D eigenvalue weighted by atomic mass is 16.5. The van der Waals surface area contributed by atoms with Crippen molar-refractivity contribution in [1.82, 2.24) is 0 Å². The summed E-state index contributed by atoms with van der Waals surface area (Å²) in [5.74, 6) is 6.29. The zero-order valence-electron chi connectivity index (χ0n) is 7.50. The molecule has 3 heteroatoms. The Balaban J connectivity index is 2.99. The van der Waals surface area contributed by atoms with E-state index in [-0.39, 0.29) is 0 Å². The number of nitrogens with two attached hydrogens (primary N) is 2. The topological polar surface area (TPSA) is 61.3 Å². The molecule has 0 atom stereocenters. The Bertz CT molecular complexity index is 350. The number of hydrogen-bond donors (Lipinski definition) is 2. The Labute approximate surface area is 77.7 Å². The summed E-state index contributed by atoms with van der Waals surface area (Å²) >= 11 is 0. The fourth-order valence-corrected chi connectivity index (χ4v) is 0.942. The van der Waals surface area contributed by atoms with Crippen molar-refractivity contribution in [1.29, 1.82) is 0 Å². The van der Waals surface area contributed by atoms with Crippen LogP contribution in [0.25, 0.3) is 0 Å². The number of nitrogen functional groups attached to an aromatic ring is 1. The molecular weight excluding hydrogens is 164 g/mol. The van der Waals surface area contributed by atoms with Gasteiger partial charge in [0.15, 0.2) is 0 Å². The summed E-state index contributed by atoms with van der Waals surface area (Å²) in [5.41, 5.74) is 12.3. The molecule has 1 aromatic rings. The van der Waals surface area contributed by atoms with E-state index < -0.39 is 0 Å². The van der Waals surface area contributed by atoms with Crippen LogP contribution in [0.5, 0.6) is 5.75 Å². The van der Waals surface area contributed by atoms with Crippen LogP contribution in [0.15, 0.2) is 18.2 Å². The smallest absolute Gasteiger partial charge is 0.142 e. The first kappa shape index (κ1) is 9.43. The van der Waals surface area contributed by atoms with Crippen LogP contribution in [0.2, 0.25) is 0 Å². The van der Waals surface area contributed by atoms with Crippen LogP contribution in [0.4, 0.5) is 5.69 Å². The van der Waals surface area contributed by atoms with Crippen molar-refractivity contribution < 1.29 is 4.74 Å². The summed E-state index contributed by atoms with van der Waals surface area (Å²) in [6.07, 6.45) is 0. The van der Waals surface area contributed by atoms with Gasteiger partial charge < -0.3 is 16.2 Å². The Hall–Kier alpha value is -1.66. The zero-order chi connectivity index (χ0) is 9.68. The molecule has 0 unspecified atom stereocenters. The van der Waals surface area contributed by atoms with Gasteiger partial charge in [0.05, 0.1) is 19.3 Å². The largest absolute Gasteiger partial charge is 0.495 e. The van der Waals surface area contributed by atoms with Gasteiger partial charge in [-0.05, 0) is 18.2 Å². The number of hydrogen-bond acceptors (Lipinski definition) is 3. The van der Waals surface area contributed by atoms with Crippen molar-refractivity contribution in [3.63, 3.8) is 0 Å². The van der Waals surface area contributed by atoms with E-state index in [1.807, 2.05) is 6.07 Å². The van der Waals surface area contributed by atoms with Crippen LogP contribution in [0.1, 0.15) is 5.56 Å². The molecule has 0 aromatic heterocycles. The van der Waals surface area contributed by atoms with Gasteiger partial charge in [0.1, 0.15) is 5.75 Å². The SMILES string of the molecule is COc1cc(C#CCN)ccc1N. The molecule has 4 N–H and O–H groups in total. The van der Waals surface area contributed by atoms with Crippen molar-refractivity contribution in [3.8, 4) is 17.6 Å². The van der Waals surface area contributed by atoms with E-state index >= 15 is 0 Å². The molecular formula is C10H12N2O. The van der Waals surface area contributed by atoms with Gasteiger partial charge in [0, 0.05) is 5.56 Å². The molecule has 0 aliphatic rings. The highest BCUT2D eigenvalue weighted by Gasteiger charge is 1.97. The van der Waals surface area contributed by atoms with Crippen LogP contribution in [0, 0.1) is 11.8 Å². The van der Waals surface area contributed by atoms with E-state index in [0.29, 0.717) is 18.0 Å². The van der Waals surface area contributed by atoms with Gasteiger partial charge >= 0.3 is 0 Å². The summed E-state index contributed by atoms with van der Waals surface area (Å²) in [6.45, 7) is 0.354. The number of benzene rings is 1. The molecule has 1 aromatic carbocycles. The Morgan fingerprint density at radius 2 is 2.23 bits per heavy atom. The monoisotopic (exact) mass is 176 g/mol. The normalized spacial score (nSPS) is 8.77. The average Bonchev–Trinajstić information content (AvgIpc) is 2.16. The first-order chi connectivity index (χ1) is 6.27. The lowest BCUT2D eigenvalue weighted by Crippen LogP contribution is -1.94. The van der Waals surface area contributed by atoms with E-state index in [9.17, 15) is 0 Å². The minimum atomic E-state index is 0.354. The van der Waals surface area contributed by atoms with Gasteiger partial charge in [-0.1, -0.05) is 11.8 Å². The second-order valence-electron chi connectivity index (χ2n) is 2.46. The first-order valence-corrected chi connectivity index (χ1v) is 3.90. The third-order valence-electron chi connectivity index (χ3n) is 1.57. The van der Waals surface area contributed by atoms with Crippen molar-refractivity contribution in [2.75, 3.05) is 19.4 Å². The molecule has 0 heterocycles. The van der Waals surface area contributed by atoms with Crippen LogP contribution in [-0.2, 0) is 0 Å². The van der Waals surface area contributed by atoms with Gasteiger partial charge in [-0.2, -0.15) is 0 Å². The second kappa shape index (κ2) is 4.39. The summed E-state index contributed by atoms with van der Waals surface area (Å²) in [7, 11) is 1.58. The second-order valence-corrected chi connectivity index (χ2v) is 2.46. The molecule has 0 aliphatic heterocycles. The van der Waals surface area contributed by atoms with Crippen molar-refractivity contribution in [3.05, 3.63) is 23.8 Å². The summed E-state index contributed by atoms with van der Waals surface area (Å²) < 4.78 is 5.04. The van der Waals surface area contributed by atoms with E-state index in [4.69, 9.17) is 16.2 Å². The maximum absolute atomic E-state index is 5.63. The quantitative estimate of drug-likeness (QED) is 0.486. The minimum absolute atomic E-state index is 0.354. The Kier molecular flexibility index (Phi) is 3.18. The van der Waals surface area contributed by atoms with Crippen molar-refractivity contribution >= 4 is 5.69 Å². The number of ether oxygens (including phenoxy) is 1. The molecule has 0 fully saturated rings. The fourth-order valence-electron chi connectivity index (χ4n) is 0.942. The molecule has 0 saturated heterocycles. The molecule has 0 amide bonds. The van der Waals surface area contributed by atoms with Crippen LogP contribution in [0.3, 0.4) is 0 Å². The Morgan fingerprint density at radius 3 is 2.85 bits per heavy atom. The summed E-state index contributed by atoms with van der Waals surface area (Å²) in [5, 5.41) is 0. The molecule has 3 nitrogen and oxygen atoms in total. The zero-order valence-corrected chi connectivity index (χ0v) is 7.50. The maximum Gasteiger partial charge on any atom is 0.142 e. The predicted octanol–water partition coefficient (Wildman–Crippen LogP) is 0.588. The maximum atomic E-state index is 5.63. The summed E-state index contributed by atoms with van der Waals surface area (Å²) in [4.78, 5) is 0. The molecule has 0 bridgehead atoms. The van der Waals surface area contributed by atoms with Crippen LogP contribution >= 0.6 is 0 Å². The van der Waals surface area contributed by atoms with Crippen LogP contribution < -0.4 is 16.2 Å². The van der Waals surface area contributed by atoms with Gasteiger partial charge in [0.25, 0.3) is 0 Å². The number of anilines is 1. The lowest BCUT2D eigenvalue weighted by molar-refractivity contribution is 0.417. The van der Waals surface area contributed by atoms with E-state index in [2.05, 4.69) is 11.8 Å². The molecule has 0 spiro atoms. The van der Waals surface area contributed by atoms with Gasteiger partial charge in [-0.25, -0.2) is 0 Å². The van der Waals surface area contributed by atoms with E-state index in [1.54, 1.807) is 19.2 Å². The molecule has 0 radical (unpaired) electrons. The highest BCUT2D eigenvalue weighted by Crippen LogP contribution is 2.21. The average molecular weight is 176 g/mol. The predicted molar refractivity (Wildman–Crippen MR) is 53.3 cm³/mol. The van der Waals surface area contributed by atoms with Crippen molar-refractivity contribution in [2.45, 2.75) is 0 Å². The van der Waals surface area contributed by atoms with Gasteiger partial charge in [-0.15, -0.1) is 0 Å². The minimum Gasteiger partial charge on any atom is -0.495 e. The van der Waals surface area contributed by atoms with E-state index in [1.165, 1.54) is 0 Å². The molecule has 13 heavy (non-hydrogen) atoms. The standard InChI is InChI=1S/C10H12N2O/c1-13-10-7-8(3-2-6-11)4-5-9(10)12/h4-5,7H,6,11-12H2,1H3. The third kappa shape index (κ3) is 2.39. The number of rotatable bonds is 1. The van der Waals surface area contributed by atoms with Crippen molar-refractivity contribution in [2.24, 2.45) is 5.73 Å². The Morgan fingerprint density at radius 1 is 1.46 bits per heavy atom. The molecule has 68 valence electrons. The van der Waals surface area contributed by atoms with Gasteiger partial charge in [-0.3, -0.25) is 0 Å². The number of methoxy groups -OCH3 is 1. The van der Waals surface area contributed by atoms with Gasteiger partial charge in [0.2, 0.25) is 0 Å². The lowest BCUT2D eigenvalue weighted by Gasteiger charge is -2.03.